The standard InChI is InChI=1S/C22H32N2O2S/c1-18(13-19-7-4-3-5-8-19)14-23-12-9-20(25)22(16-23)10-6-11-24(17-22)21(26)15-27-2/h3-5,7-8,13,20,25H,6,9-12,14-17H2,1-2H3/t20-,22-/m1/s1. The normalized spacial score (nSPS) is 27.1. The van der Waals surface area contributed by atoms with Gasteiger partial charge in [0.15, 0.2) is 0 Å². The van der Waals surface area contributed by atoms with Crippen LogP contribution in [-0.4, -0.2) is 71.6 Å². The van der Waals surface area contributed by atoms with Gasteiger partial charge in [-0.05, 0) is 38.0 Å². The Hall–Kier alpha value is -1.30. The quantitative estimate of drug-likeness (QED) is 0.842. The predicted octanol–water partition coefficient (Wildman–Crippen LogP) is 3.13. The van der Waals surface area contributed by atoms with E-state index in [2.05, 4.69) is 42.2 Å². The summed E-state index contributed by atoms with van der Waals surface area (Å²) < 4.78 is 0. The largest absolute Gasteiger partial charge is 0.392 e. The Balaban J connectivity index is 1.66. The first-order valence-electron chi connectivity index (χ1n) is 9.92. The number of thioether (sulfide) groups is 1. The Morgan fingerprint density at radius 2 is 2.07 bits per heavy atom. The van der Waals surface area contributed by atoms with Crippen LogP contribution in [0.3, 0.4) is 0 Å². The summed E-state index contributed by atoms with van der Waals surface area (Å²) in [6, 6.07) is 10.4. The molecule has 3 rings (SSSR count). The highest BCUT2D eigenvalue weighted by Gasteiger charge is 2.46. The lowest BCUT2D eigenvalue weighted by Crippen LogP contribution is -2.60. The lowest BCUT2D eigenvalue weighted by atomic mass is 9.71. The molecule has 0 unspecified atom stereocenters. The summed E-state index contributed by atoms with van der Waals surface area (Å²) in [5, 5.41) is 10.8. The first-order valence-corrected chi connectivity index (χ1v) is 11.3. The second-order valence-corrected chi connectivity index (χ2v) is 9.00. The van der Waals surface area contributed by atoms with Crippen LogP contribution in [0.4, 0.5) is 0 Å². The Bertz CT molecular complexity index is 664. The molecular formula is C22H32N2O2S. The highest BCUT2D eigenvalue weighted by Crippen LogP contribution is 2.39. The van der Waals surface area contributed by atoms with Gasteiger partial charge < -0.3 is 10.0 Å². The Morgan fingerprint density at radius 3 is 2.81 bits per heavy atom. The summed E-state index contributed by atoms with van der Waals surface area (Å²) in [6.07, 6.45) is 6.70. The van der Waals surface area contributed by atoms with Crippen molar-refractivity contribution in [2.45, 2.75) is 32.3 Å². The fourth-order valence-electron chi connectivity index (χ4n) is 4.60. The van der Waals surface area contributed by atoms with Gasteiger partial charge in [-0.3, -0.25) is 9.69 Å². The van der Waals surface area contributed by atoms with Crippen molar-refractivity contribution < 1.29 is 9.90 Å². The first-order chi connectivity index (χ1) is 13.0. The molecule has 148 valence electrons. The molecule has 2 aliphatic heterocycles. The summed E-state index contributed by atoms with van der Waals surface area (Å²) >= 11 is 1.58. The second-order valence-electron chi connectivity index (χ2n) is 8.13. The van der Waals surface area contributed by atoms with Crippen molar-refractivity contribution in [2.75, 3.05) is 44.7 Å². The number of hydrogen-bond acceptors (Lipinski definition) is 4. The van der Waals surface area contributed by atoms with E-state index >= 15 is 0 Å². The van der Waals surface area contributed by atoms with Crippen molar-refractivity contribution in [2.24, 2.45) is 5.41 Å². The lowest BCUT2D eigenvalue weighted by Gasteiger charge is -2.51. The molecule has 2 fully saturated rings. The van der Waals surface area contributed by atoms with Crippen molar-refractivity contribution in [3.05, 3.63) is 41.5 Å². The van der Waals surface area contributed by atoms with E-state index in [0.717, 1.165) is 45.4 Å². The minimum atomic E-state index is -0.308. The zero-order valence-electron chi connectivity index (χ0n) is 16.6. The predicted molar refractivity (Wildman–Crippen MR) is 114 cm³/mol. The van der Waals surface area contributed by atoms with Crippen molar-refractivity contribution in [3.63, 3.8) is 0 Å². The van der Waals surface area contributed by atoms with Gasteiger partial charge in [-0.2, -0.15) is 11.8 Å². The second kappa shape index (κ2) is 9.26. The van der Waals surface area contributed by atoms with Crippen LogP contribution >= 0.6 is 11.8 Å². The number of amides is 1. The third-order valence-corrected chi connectivity index (χ3v) is 6.41. The molecule has 0 aliphatic carbocycles. The van der Waals surface area contributed by atoms with E-state index < -0.39 is 0 Å². The van der Waals surface area contributed by atoms with E-state index in [1.54, 1.807) is 11.8 Å². The molecule has 1 spiro atoms. The molecule has 2 heterocycles. The molecule has 27 heavy (non-hydrogen) atoms. The van der Waals surface area contributed by atoms with E-state index in [-0.39, 0.29) is 17.4 Å². The van der Waals surface area contributed by atoms with Crippen LogP contribution in [0.15, 0.2) is 35.9 Å². The SMILES string of the molecule is CSCC(=O)N1CCC[C@@]2(CN(CC(C)=Cc3ccccc3)CC[C@H]2O)C1. The Labute approximate surface area is 167 Å². The van der Waals surface area contributed by atoms with Gasteiger partial charge in [0, 0.05) is 38.1 Å². The molecule has 1 N–H and O–H groups in total. The molecule has 2 saturated heterocycles. The fourth-order valence-corrected chi connectivity index (χ4v) is 5.03. The van der Waals surface area contributed by atoms with Crippen molar-refractivity contribution in [1.29, 1.82) is 0 Å². The maximum absolute atomic E-state index is 12.4. The number of nitrogens with zero attached hydrogens (tertiary/aromatic N) is 2. The number of benzene rings is 1. The van der Waals surface area contributed by atoms with E-state index in [9.17, 15) is 9.90 Å². The average molecular weight is 389 g/mol. The van der Waals surface area contributed by atoms with Gasteiger partial charge in [0.05, 0.1) is 11.9 Å². The van der Waals surface area contributed by atoms with E-state index in [1.165, 1.54) is 11.1 Å². The summed E-state index contributed by atoms with van der Waals surface area (Å²) in [5.74, 6) is 0.750. The van der Waals surface area contributed by atoms with Gasteiger partial charge in [0.1, 0.15) is 0 Å². The van der Waals surface area contributed by atoms with Gasteiger partial charge >= 0.3 is 0 Å². The van der Waals surface area contributed by atoms with Gasteiger partial charge in [-0.1, -0.05) is 42.0 Å². The molecule has 1 amide bonds. The Morgan fingerprint density at radius 1 is 1.30 bits per heavy atom. The zero-order valence-corrected chi connectivity index (χ0v) is 17.4. The smallest absolute Gasteiger partial charge is 0.232 e. The van der Waals surface area contributed by atoms with Crippen molar-refractivity contribution >= 4 is 23.7 Å². The molecule has 4 nitrogen and oxygen atoms in total. The van der Waals surface area contributed by atoms with Crippen molar-refractivity contribution in [1.82, 2.24) is 9.80 Å². The first kappa shape index (κ1) is 20.4. The summed E-state index contributed by atoms with van der Waals surface area (Å²) in [5.41, 5.74) is 2.39. The maximum Gasteiger partial charge on any atom is 0.232 e. The van der Waals surface area contributed by atoms with Crippen LogP contribution in [-0.2, 0) is 4.79 Å². The zero-order chi connectivity index (χ0) is 19.3. The van der Waals surface area contributed by atoms with E-state index in [1.807, 2.05) is 17.2 Å². The molecule has 1 aromatic carbocycles. The molecule has 5 heteroatoms. The summed E-state index contributed by atoms with van der Waals surface area (Å²) in [4.78, 5) is 16.8. The number of aliphatic hydroxyl groups excluding tert-OH is 1. The molecular weight excluding hydrogens is 356 g/mol. The molecule has 1 aromatic rings. The Kier molecular flexibility index (Phi) is 7.01. The van der Waals surface area contributed by atoms with E-state index in [4.69, 9.17) is 0 Å². The monoisotopic (exact) mass is 388 g/mol. The minimum absolute atomic E-state index is 0.169. The van der Waals surface area contributed by atoms with Crippen LogP contribution < -0.4 is 0 Å². The highest BCUT2D eigenvalue weighted by molar-refractivity contribution is 7.99. The minimum Gasteiger partial charge on any atom is -0.392 e. The molecule has 0 radical (unpaired) electrons. The number of aliphatic hydroxyl groups is 1. The number of carbonyl (C=O) groups is 1. The third-order valence-electron chi connectivity index (χ3n) is 5.88. The van der Waals surface area contributed by atoms with Crippen LogP contribution in [0.1, 0.15) is 31.7 Å². The highest BCUT2D eigenvalue weighted by atomic mass is 32.2. The van der Waals surface area contributed by atoms with Gasteiger partial charge in [0.25, 0.3) is 0 Å². The number of hydrogen-bond donors (Lipinski definition) is 1. The fraction of sp³-hybridized carbons (Fsp3) is 0.591. The average Bonchev–Trinajstić information content (AvgIpc) is 2.66. The number of carbonyl (C=O) groups excluding carboxylic acids is 1. The van der Waals surface area contributed by atoms with Crippen LogP contribution in [0.2, 0.25) is 0 Å². The molecule has 2 atom stereocenters. The topological polar surface area (TPSA) is 43.8 Å². The third kappa shape index (κ3) is 5.15. The van der Waals surface area contributed by atoms with Gasteiger partial charge in [-0.15, -0.1) is 0 Å². The van der Waals surface area contributed by atoms with Crippen LogP contribution in [0.25, 0.3) is 6.08 Å². The summed E-state index contributed by atoms with van der Waals surface area (Å²) in [6.45, 7) is 6.42. The summed E-state index contributed by atoms with van der Waals surface area (Å²) in [7, 11) is 0. The van der Waals surface area contributed by atoms with Gasteiger partial charge in [-0.25, -0.2) is 0 Å². The van der Waals surface area contributed by atoms with E-state index in [0.29, 0.717) is 12.3 Å². The van der Waals surface area contributed by atoms with Crippen molar-refractivity contribution in [3.8, 4) is 0 Å². The maximum atomic E-state index is 12.4. The molecule has 2 aliphatic rings. The molecule has 0 saturated carbocycles. The lowest BCUT2D eigenvalue weighted by molar-refractivity contribution is -0.138. The van der Waals surface area contributed by atoms with Gasteiger partial charge in [0.2, 0.25) is 5.91 Å². The van der Waals surface area contributed by atoms with Crippen LogP contribution in [0.5, 0.6) is 0 Å². The van der Waals surface area contributed by atoms with Crippen LogP contribution in [0, 0.1) is 5.41 Å². The molecule has 0 aromatic heterocycles. The number of piperidine rings is 2. The number of likely N-dealkylation sites (tertiary alicyclic amines) is 2. The number of rotatable bonds is 5. The molecule has 0 bridgehead atoms.